The van der Waals surface area contributed by atoms with Crippen LogP contribution in [0.1, 0.15) is 27.9 Å². The van der Waals surface area contributed by atoms with Crippen molar-refractivity contribution in [2.75, 3.05) is 56.1 Å². The van der Waals surface area contributed by atoms with E-state index in [1.165, 1.54) is 40.9 Å². The highest BCUT2D eigenvalue weighted by molar-refractivity contribution is 8.04. The number of carbonyl (C=O) groups is 2. The number of nitrogens with one attached hydrogen (secondary N) is 1. The second-order valence-corrected chi connectivity index (χ2v) is 11.3. The van der Waals surface area contributed by atoms with Crippen LogP contribution in [0.15, 0.2) is 76.5 Å². The fourth-order valence-electron chi connectivity index (χ4n) is 4.94. The van der Waals surface area contributed by atoms with E-state index in [-0.39, 0.29) is 17.6 Å². The molecule has 0 aromatic heterocycles. The number of halogens is 4. The second kappa shape index (κ2) is 12.6. The number of hydrogen-bond acceptors (Lipinski definition) is 5. The first-order valence-electron chi connectivity index (χ1n) is 13.6. The molecule has 0 radical (unpaired) electrons. The SMILES string of the molecule is CN1C(=O)C(=Cc2ccc(C(F)(F)F)cc2)Sc2ccc(C(=O)NCCCN3CCN(c4ccc(F)cc4)CC3)cc21. The molecule has 2 aliphatic rings. The largest absolute Gasteiger partial charge is 0.416 e. The molecule has 0 atom stereocenters. The first kappa shape index (κ1) is 29.7. The molecule has 0 bridgehead atoms. The number of nitrogens with zero attached hydrogens (tertiary/aromatic N) is 3. The summed E-state index contributed by atoms with van der Waals surface area (Å²) in [6.45, 7) is 4.87. The molecule has 2 amide bonds. The summed E-state index contributed by atoms with van der Waals surface area (Å²) in [7, 11) is 1.61. The Labute approximate surface area is 246 Å². The highest BCUT2D eigenvalue weighted by atomic mass is 32.2. The van der Waals surface area contributed by atoms with Crippen LogP contribution in [0.2, 0.25) is 0 Å². The maximum absolute atomic E-state index is 13.2. The molecule has 2 aliphatic heterocycles. The number of amides is 2. The molecule has 1 fully saturated rings. The Morgan fingerprint density at radius 1 is 0.976 bits per heavy atom. The van der Waals surface area contributed by atoms with Crippen molar-refractivity contribution >= 4 is 41.0 Å². The van der Waals surface area contributed by atoms with Crippen LogP contribution in [0.5, 0.6) is 0 Å². The first-order valence-corrected chi connectivity index (χ1v) is 14.4. The number of piperazine rings is 1. The van der Waals surface area contributed by atoms with Crippen molar-refractivity contribution in [2.24, 2.45) is 0 Å². The van der Waals surface area contributed by atoms with Crippen LogP contribution in [-0.2, 0) is 11.0 Å². The van der Waals surface area contributed by atoms with Crippen LogP contribution >= 0.6 is 11.8 Å². The summed E-state index contributed by atoms with van der Waals surface area (Å²) < 4.78 is 51.8. The van der Waals surface area contributed by atoms with Gasteiger partial charge in [0.2, 0.25) is 0 Å². The summed E-state index contributed by atoms with van der Waals surface area (Å²) in [4.78, 5) is 33.0. The number of anilines is 2. The Kier molecular flexibility index (Phi) is 8.88. The zero-order valence-electron chi connectivity index (χ0n) is 23.0. The summed E-state index contributed by atoms with van der Waals surface area (Å²) in [6, 6.07) is 16.4. The number of fused-ring (bicyclic) bond motifs is 1. The van der Waals surface area contributed by atoms with Gasteiger partial charge in [-0.2, -0.15) is 13.2 Å². The van der Waals surface area contributed by atoms with E-state index in [0.29, 0.717) is 28.3 Å². The fourth-order valence-corrected chi connectivity index (χ4v) is 6.04. The highest BCUT2D eigenvalue weighted by Crippen LogP contribution is 2.42. The average Bonchev–Trinajstić information content (AvgIpc) is 2.98. The zero-order chi connectivity index (χ0) is 29.9. The van der Waals surface area contributed by atoms with E-state index in [0.717, 1.165) is 61.9 Å². The maximum atomic E-state index is 13.2. The van der Waals surface area contributed by atoms with Gasteiger partial charge in [0.1, 0.15) is 5.82 Å². The number of rotatable bonds is 7. The summed E-state index contributed by atoms with van der Waals surface area (Å²) in [5, 5.41) is 2.95. The second-order valence-electron chi connectivity index (χ2n) is 10.2. The van der Waals surface area contributed by atoms with E-state index in [9.17, 15) is 27.2 Å². The molecule has 0 aliphatic carbocycles. The summed E-state index contributed by atoms with van der Waals surface area (Å²) >= 11 is 1.22. The van der Waals surface area contributed by atoms with E-state index in [1.54, 1.807) is 43.5 Å². The Morgan fingerprint density at radius 2 is 1.67 bits per heavy atom. The van der Waals surface area contributed by atoms with Crippen molar-refractivity contribution in [3.63, 3.8) is 0 Å². The van der Waals surface area contributed by atoms with Crippen molar-refractivity contribution in [3.8, 4) is 0 Å². The molecule has 0 spiro atoms. The number of likely N-dealkylation sites (N-methyl/N-ethyl adjacent to an activating group) is 1. The maximum Gasteiger partial charge on any atom is 0.416 e. The van der Waals surface area contributed by atoms with Gasteiger partial charge in [0, 0.05) is 55.9 Å². The molecule has 3 aromatic carbocycles. The van der Waals surface area contributed by atoms with Gasteiger partial charge in [0.25, 0.3) is 11.8 Å². The number of carbonyl (C=O) groups excluding carboxylic acids is 2. The van der Waals surface area contributed by atoms with Crippen molar-refractivity contribution in [3.05, 3.63) is 94.1 Å². The van der Waals surface area contributed by atoms with Crippen LogP contribution in [0.4, 0.5) is 28.9 Å². The summed E-state index contributed by atoms with van der Waals surface area (Å²) in [5.41, 5.74) is 1.80. The van der Waals surface area contributed by atoms with E-state index >= 15 is 0 Å². The van der Waals surface area contributed by atoms with E-state index < -0.39 is 11.7 Å². The molecule has 0 saturated carbocycles. The molecular formula is C31H30F4N4O2S. The van der Waals surface area contributed by atoms with Gasteiger partial charge in [-0.3, -0.25) is 14.5 Å². The normalized spacial score (nSPS) is 17.0. The molecular weight excluding hydrogens is 568 g/mol. The van der Waals surface area contributed by atoms with Crippen LogP contribution in [0.3, 0.4) is 0 Å². The minimum atomic E-state index is -4.42. The fraction of sp³-hybridized carbons (Fsp3) is 0.290. The highest BCUT2D eigenvalue weighted by Gasteiger charge is 2.30. The zero-order valence-corrected chi connectivity index (χ0v) is 23.8. The van der Waals surface area contributed by atoms with Crippen molar-refractivity contribution in [2.45, 2.75) is 17.5 Å². The van der Waals surface area contributed by atoms with E-state index in [2.05, 4.69) is 15.1 Å². The lowest BCUT2D eigenvalue weighted by molar-refractivity contribution is -0.137. The lowest BCUT2D eigenvalue weighted by Crippen LogP contribution is -2.47. The van der Waals surface area contributed by atoms with Gasteiger partial charge in [0.15, 0.2) is 0 Å². The van der Waals surface area contributed by atoms with Gasteiger partial charge < -0.3 is 15.1 Å². The minimum absolute atomic E-state index is 0.226. The Bertz CT molecular complexity index is 1470. The standard InChI is InChI=1S/C31H30F4N4O2S/c1-37-26-20-22(5-12-27(26)42-28(30(37)41)19-21-3-6-23(7-4-21)31(33,34)35)29(40)36-13-2-14-38-15-17-39(18-16-38)25-10-8-24(32)9-11-25/h3-12,19-20H,2,13-18H2,1H3,(H,36,40). The van der Waals surface area contributed by atoms with Crippen molar-refractivity contribution < 1.29 is 27.2 Å². The van der Waals surface area contributed by atoms with Crippen LogP contribution < -0.4 is 15.1 Å². The molecule has 2 heterocycles. The number of benzene rings is 3. The third-order valence-electron chi connectivity index (χ3n) is 7.35. The number of hydrogen-bond donors (Lipinski definition) is 1. The van der Waals surface area contributed by atoms with Crippen LogP contribution in [-0.4, -0.2) is 63.0 Å². The third kappa shape index (κ3) is 6.96. The number of alkyl halides is 3. The topological polar surface area (TPSA) is 55.9 Å². The van der Waals surface area contributed by atoms with Gasteiger partial charge in [-0.05, 0) is 79.2 Å². The summed E-state index contributed by atoms with van der Waals surface area (Å²) in [6.07, 6.45) is -2.07. The van der Waals surface area contributed by atoms with Gasteiger partial charge >= 0.3 is 6.18 Å². The quantitative estimate of drug-likeness (QED) is 0.209. The predicted molar refractivity (Wildman–Crippen MR) is 157 cm³/mol. The molecule has 6 nitrogen and oxygen atoms in total. The van der Waals surface area contributed by atoms with Crippen LogP contribution in [0.25, 0.3) is 6.08 Å². The molecule has 1 saturated heterocycles. The first-order chi connectivity index (χ1) is 20.1. The average molecular weight is 599 g/mol. The molecule has 42 heavy (non-hydrogen) atoms. The lowest BCUT2D eigenvalue weighted by Gasteiger charge is -2.36. The van der Waals surface area contributed by atoms with Gasteiger partial charge in [-0.25, -0.2) is 4.39 Å². The molecule has 220 valence electrons. The monoisotopic (exact) mass is 598 g/mol. The number of thioether (sulfide) groups is 1. The van der Waals surface area contributed by atoms with Crippen molar-refractivity contribution in [1.82, 2.24) is 10.2 Å². The van der Waals surface area contributed by atoms with E-state index in [4.69, 9.17) is 0 Å². The predicted octanol–water partition coefficient (Wildman–Crippen LogP) is 5.90. The van der Waals surface area contributed by atoms with Gasteiger partial charge in [-0.1, -0.05) is 23.9 Å². The lowest BCUT2D eigenvalue weighted by atomic mass is 10.1. The molecule has 5 rings (SSSR count). The Balaban J connectivity index is 1.12. The molecule has 3 aromatic rings. The Morgan fingerprint density at radius 3 is 2.33 bits per heavy atom. The van der Waals surface area contributed by atoms with Crippen molar-refractivity contribution in [1.29, 1.82) is 0 Å². The summed E-state index contributed by atoms with van der Waals surface area (Å²) in [5.74, 6) is -0.768. The van der Waals surface area contributed by atoms with E-state index in [1.807, 2.05) is 0 Å². The Hall–Kier alpha value is -3.83. The van der Waals surface area contributed by atoms with Crippen LogP contribution in [0, 0.1) is 5.82 Å². The molecule has 0 unspecified atom stereocenters. The van der Waals surface area contributed by atoms with Gasteiger partial charge in [-0.15, -0.1) is 0 Å². The van der Waals surface area contributed by atoms with Gasteiger partial charge in [0.05, 0.1) is 16.2 Å². The molecule has 11 heteroatoms. The molecule has 1 N–H and O–H groups in total. The minimum Gasteiger partial charge on any atom is -0.369 e. The third-order valence-corrected chi connectivity index (χ3v) is 8.43. The smallest absolute Gasteiger partial charge is 0.369 e.